The summed E-state index contributed by atoms with van der Waals surface area (Å²) in [6.45, 7) is 0.388. The van der Waals surface area contributed by atoms with E-state index in [0.717, 1.165) is 5.56 Å². The van der Waals surface area contributed by atoms with Gasteiger partial charge in [-0.25, -0.2) is 0 Å². The summed E-state index contributed by atoms with van der Waals surface area (Å²) < 4.78 is 3.51. The molecule has 0 aliphatic heterocycles. The normalized spacial score (nSPS) is 10.6. The van der Waals surface area contributed by atoms with E-state index in [1.807, 2.05) is 29.1 Å². The fourth-order valence-electron chi connectivity index (χ4n) is 2.26. The Labute approximate surface area is 127 Å². The quantitative estimate of drug-likeness (QED) is 0.771. The second kappa shape index (κ2) is 5.77. The number of rotatable bonds is 4. The van der Waals surface area contributed by atoms with Crippen LogP contribution in [0.3, 0.4) is 0 Å². The number of aromatic nitrogens is 3. The zero-order chi connectivity index (χ0) is 15.5. The summed E-state index contributed by atoms with van der Waals surface area (Å²) in [4.78, 5) is 12.4. The molecule has 0 aliphatic carbocycles. The summed E-state index contributed by atoms with van der Waals surface area (Å²) in [6.07, 6.45) is 5.29. The molecular weight excluding hydrogens is 280 g/mol. The lowest BCUT2D eigenvalue weighted by Crippen LogP contribution is -2.24. The van der Waals surface area contributed by atoms with Crippen LogP contribution < -0.4 is 5.32 Å². The molecule has 0 saturated heterocycles. The van der Waals surface area contributed by atoms with Crippen molar-refractivity contribution in [3.63, 3.8) is 0 Å². The molecule has 0 unspecified atom stereocenters. The van der Waals surface area contributed by atoms with Crippen molar-refractivity contribution >= 4 is 5.91 Å². The molecule has 22 heavy (non-hydrogen) atoms. The Bertz CT molecular complexity index is 773. The zero-order valence-electron chi connectivity index (χ0n) is 12.1. The van der Waals surface area contributed by atoms with E-state index < -0.39 is 0 Å². The minimum atomic E-state index is -0.190. The topological polar surface area (TPSA) is 72.1 Å². The molecule has 0 fully saturated rings. The van der Waals surface area contributed by atoms with E-state index in [4.69, 9.17) is 0 Å². The Balaban J connectivity index is 1.77. The van der Waals surface area contributed by atoms with Crippen LogP contribution in [0.2, 0.25) is 0 Å². The smallest absolute Gasteiger partial charge is 0.256 e. The number of benzene rings is 1. The summed E-state index contributed by atoms with van der Waals surface area (Å²) >= 11 is 0. The third-order valence-electron chi connectivity index (χ3n) is 3.39. The number of nitrogens with zero attached hydrogens (tertiary/aromatic N) is 3. The standard InChI is InChI=1S/C16H16N4O2/c1-19-16(20-8-2-3-9-20)14(11-18-19)15(22)17-10-12-4-6-13(21)7-5-12/h2-9,11,21H,10H2,1H3,(H,17,22). The molecule has 0 radical (unpaired) electrons. The van der Waals surface area contributed by atoms with Crippen molar-refractivity contribution in [2.45, 2.75) is 6.54 Å². The summed E-state index contributed by atoms with van der Waals surface area (Å²) in [5, 5.41) is 16.3. The average Bonchev–Trinajstić information content (AvgIpc) is 3.15. The Morgan fingerprint density at radius 1 is 1.23 bits per heavy atom. The highest BCUT2D eigenvalue weighted by Crippen LogP contribution is 2.14. The van der Waals surface area contributed by atoms with Crippen molar-refractivity contribution < 1.29 is 9.90 Å². The summed E-state index contributed by atoms with van der Waals surface area (Å²) in [5.74, 6) is 0.732. The van der Waals surface area contributed by atoms with E-state index in [2.05, 4.69) is 10.4 Å². The van der Waals surface area contributed by atoms with Crippen LogP contribution in [0.15, 0.2) is 55.0 Å². The first-order valence-corrected chi connectivity index (χ1v) is 6.86. The van der Waals surface area contributed by atoms with E-state index in [-0.39, 0.29) is 11.7 Å². The van der Waals surface area contributed by atoms with Crippen molar-refractivity contribution in [2.75, 3.05) is 0 Å². The fourth-order valence-corrected chi connectivity index (χ4v) is 2.26. The number of nitrogens with one attached hydrogen (secondary N) is 1. The number of aromatic hydroxyl groups is 1. The third-order valence-corrected chi connectivity index (χ3v) is 3.39. The average molecular weight is 296 g/mol. The van der Waals surface area contributed by atoms with Crippen LogP contribution in [0.4, 0.5) is 0 Å². The molecule has 0 spiro atoms. The second-order valence-corrected chi connectivity index (χ2v) is 4.94. The maximum absolute atomic E-state index is 12.4. The van der Waals surface area contributed by atoms with Gasteiger partial charge in [0.1, 0.15) is 17.1 Å². The van der Waals surface area contributed by atoms with E-state index in [1.165, 1.54) is 0 Å². The molecule has 0 atom stereocenters. The molecule has 0 saturated carbocycles. The van der Waals surface area contributed by atoms with E-state index in [1.54, 1.807) is 42.2 Å². The fraction of sp³-hybridized carbons (Fsp3) is 0.125. The van der Waals surface area contributed by atoms with Gasteiger partial charge in [-0.1, -0.05) is 12.1 Å². The van der Waals surface area contributed by atoms with Crippen molar-refractivity contribution in [3.05, 3.63) is 66.1 Å². The molecule has 3 rings (SSSR count). The van der Waals surface area contributed by atoms with E-state index >= 15 is 0 Å². The predicted molar refractivity (Wildman–Crippen MR) is 81.8 cm³/mol. The first-order valence-electron chi connectivity index (χ1n) is 6.86. The highest BCUT2D eigenvalue weighted by Gasteiger charge is 2.16. The highest BCUT2D eigenvalue weighted by molar-refractivity contribution is 5.97. The monoisotopic (exact) mass is 296 g/mol. The number of hydrogen-bond donors (Lipinski definition) is 2. The molecule has 2 N–H and O–H groups in total. The van der Waals surface area contributed by atoms with Crippen molar-refractivity contribution in [3.8, 4) is 11.6 Å². The van der Waals surface area contributed by atoms with Gasteiger partial charge in [0.05, 0.1) is 6.20 Å². The van der Waals surface area contributed by atoms with Crippen LogP contribution in [-0.4, -0.2) is 25.4 Å². The summed E-state index contributed by atoms with van der Waals surface area (Å²) in [5.41, 5.74) is 1.43. The van der Waals surface area contributed by atoms with Crippen LogP contribution in [0.5, 0.6) is 5.75 Å². The molecule has 112 valence electrons. The SMILES string of the molecule is Cn1ncc(C(=O)NCc2ccc(O)cc2)c1-n1cccc1. The van der Waals surface area contributed by atoms with Gasteiger partial charge >= 0.3 is 0 Å². The van der Waals surface area contributed by atoms with Crippen molar-refractivity contribution in [1.29, 1.82) is 0 Å². The van der Waals surface area contributed by atoms with Gasteiger partial charge in [-0.3, -0.25) is 9.48 Å². The molecule has 2 heterocycles. The van der Waals surface area contributed by atoms with Gasteiger partial charge in [-0.2, -0.15) is 5.10 Å². The Morgan fingerprint density at radius 2 is 1.91 bits per heavy atom. The maximum Gasteiger partial charge on any atom is 0.256 e. The Kier molecular flexibility index (Phi) is 3.65. The number of aryl methyl sites for hydroxylation is 1. The van der Waals surface area contributed by atoms with Crippen LogP contribution in [0.1, 0.15) is 15.9 Å². The van der Waals surface area contributed by atoms with Gasteiger partial charge < -0.3 is 15.0 Å². The first kappa shape index (κ1) is 13.9. The molecule has 2 aromatic heterocycles. The van der Waals surface area contributed by atoms with Crippen LogP contribution in [0, 0.1) is 0 Å². The Hall–Kier alpha value is -3.02. The van der Waals surface area contributed by atoms with Gasteiger partial charge in [0.15, 0.2) is 0 Å². The Morgan fingerprint density at radius 3 is 2.59 bits per heavy atom. The summed E-state index contributed by atoms with van der Waals surface area (Å²) in [7, 11) is 1.80. The van der Waals surface area contributed by atoms with Crippen LogP contribution >= 0.6 is 0 Å². The van der Waals surface area contributed by atoms with Crippen molar-refractivity contribution in [1.82, 2.24) is 19.7 Å². The molecule has 1 aromatic carbocycles. The molecule has 0 aliphatic rings. The lowest BCUT2D eigenvalue weighted by molar-refractivity contribution is 0.0951. The largest absolute Gasteiger partial charge is 0.508 e. The number of phenols is 1. The lowest BCUT2D eigenvalue weighted by Gasteiger charge is -2.08. The second-order valence-electron chi connectivity index (χ2n) is 4.94. The zero-order valence-corrected chi connectivity index (χ0v) is 12.1. The molecule has 3 aromatic rings. The number of amides is 1. The minimum absolute atomic E-state index is 0.190. The number of carbonyl (C=O) groups is 1. The van der Waals surface area contributed by atoms with Crippen LogP contribution in [0.25, 0.3) is 5.82 Å². The summed E-state index contributed by atoms with van der Waals surface area (Å²) in [6, 6.07) is 10.5. The van der Waals surface area contributed by atoms with E-state index in [9.17, 15) is 9.90 Å². The molecular formula is C16H16N4O2. The molecule has 6 nitrogen and oxygen atoms in total. The number of hydrogen-bond acceptors (Lipinski definition) is 3. The molecule has 1 amide bonds. The van der Waals surface area contributed by atoms with Gasteiger partial charge in [0.2, 0.25) is 0 Å². The molecule has 6 heteroatoms. The van der Waals surface area contributed by atoms with Crippen molar-refractivity contribution in [2.24, 2.45) is 7.05 Å². The number of phenolic OH excluding ortho intramolecular Hbond substituents is 1. The van der Waals surface area contributed by atoms with Gasteiger partial charge in [0, 0.05) is 26.0 Å². The predicted octanol–water partition coefficient (Wildman–Crippen LogP) is 1.85. The maximum atomic E-state index is 12.4. The number of carbonyl (C=O) groups excluding carboxylic acids is 1. The van der Waals surface area contributed by atoms with E-state index in [0.29, 0.717) is 17.9 Å². The molecule has 0 bridgehead atoms. The third kappa shape index (κ3) is 2.71. The lowest BCUT2D eigenvalue weighted by atomic mass is 10.2. The minimum Gasteiger partial charge on any atom is -0.508 e. The van der Waals surface area contributed by atoms with Crippen LogP contribution in [-0.2, 0) is 13.6 Å². The first-order chi connectivity index (χ1) is 10.6. The van der Waals surface area contributed by atoms with Gasteiger partial charge in [-0.15, -0.1) is 0 Å². The van der Waals surface area contributed by atoms with Gasteiger partial charge in [0.25, 0.3) is 5.91 Å². The highest BCUT2D eigenvalue weighted by atomic mass is 16.3. The van der Waals surface area contributed by atoms with Gasteiger partial charge in [-0.05, 0) is 29.8 Å².